The van der Waals surface area contributed by atoms with Gasteiger partial charge in [-0.1, -0.05) is 17.7 Å². The lowest BCUT2D eigenvalue weighted by molar-refractivity contribution is -0.135. The van der Waals surface area contributed by atoms with Crippen molar-refractivity contribution < 1.29 is 9.90 Å². The van der Waals surface area contributed by atoms with Crippen LogP contribution in [0.1, 0.15) is 23.9 Å². The predicted octanol–water partition coefficient (Wildman–Crippen LogP) is 2.61. The molecule has 0 saturated heterocycles. The summed E-state index contributed by atoms with van der Waals surface area (Å²) in [5.41, 5.74) is 4.04. The van der Waals surface area contributed by atoms with E-state index >= 15 is 0 Å². The largest absolute Gasteiger partial charge is 0.480 e. The molecule has 5 heteroatoms. The van der Waals surface area contributed by atoms with E-state index in [0.717, 1.165) is 29.2 Å². The molecule has 2 aromatic rings. The van der Waals surface area contributed by atoms with Gasteiger partial charge >= 0.3 is 5.97 Å². The second-order valence-corrected chi connectivity index (χ2v) is 5.18. The van der Waals surface area contributed by atoms with E-state index in [1.807, 2.05) is 60.7 Å². The van der Waals surface area contributed by atoms with Gasteiger partial charge in [-0.25, -0.2) is 0 Å². The number of nitrogens with zero attached hydrogens (tertiary/aromatic N) is 3. The van der Waals surface area contributed by atoms with Crippen molar-refractivity contribution in [2.45, 2.75) is 33.9 Å². The molecule has 112 valence electrons. The Bertz CT molecular complexity index is 617. The number of aromatic nitrogens is 2. The van der Waals surface area contributed by atoms with Gasteiger partial charge in [0.05, 0.1) is 17.9 Å². The maximum Gasteiger partial charge on any atom is 0.323 e. The van der Waals surface area contributed by atoms with Crippen molar-refractivity contribution >= 4 is 11.7 Å². The SMILES string of the molecule is CCn1nc(C)cc1CN(CC(=O)O)c1ccc(C)cc1. The van der Waals surface area contributed by atoms with Gasteiger partial charge in [-0.05, 0) is 39.0 Å². The minimum Gasteiger partial charge on any atom is -0.480 e. The molecule has 1 aromatic carbocycles. The molecule has 0 bridgehead atoms. The van der Waals surface area contributed by atoms with Crippen LogP contribution < -0.4 is 4.90 Å². The van der Waals surface area contributed by atoms with E-state index in [-0.39, 0.29) is 6.54 Å². The Morgan fingerprint density at radius 3 is 2.52 bits per heavy atom. The van der Waals surface area contributed by atoms with Crippen molar-refractivity contribution in [2.75, 3.05) is 11.4 Å². The maximum atomic E-state index is 11.1. The van der Waals surface area contributed by atoms with Gasteiger partial charge < -0.3 is 10.0 Å². The number of carboxylic acid groups (broad SMARTS) is 1. The first-order valence-corrected chi connectivity index (χ1v) is 7.06. The first-order valence-electron chi connectivity index (χ1n) is 7.06. The molecule has 0 saturated carbocycles. The minimum absolute atomic E-state index is 0.0308. The fourth-order valence-corrected chi connectivity index (χ4v) is 2.35. The van der Waals surface area contributed by atoms with Crippen molar-refractivity contribution in [2.24, 2.45) is 0 Å². The minimum atomic E-state index is -0.838. The van der Waals surface area contributed by atoms with Crippen LogP contribution in [0.3, 0.4) is 0 Å². The fraction of sp³-hybridized carbons (Fsp3) is 0.375. The molecule has 0 unspecified atom stereocenters. The molecule has 0 aliphatic carbocycles. The highest BCUT2D eigenvalue weighted by Crippen LogP contribution is 2.18. The summed E-state index contributed by atoms with van der Waals surface area (Å²) in [5.74, 6) is -0.838. The van der Waals surface area contributed by atoms with E-state index in [4.69, 9.17) is 5.11 Å². The number of anilines is 1. The lowest BCUT2D eigenvalue weighted by Crippen LogP contribution is -2.30. The highest BCUT2D eigenvalue weighted by molar-refractivity contribution is 5.73. The quantitative estimate of drug-likeness (QED) is 0.887. The van der Waals surface area contributed by atoms with Gasteiger partial charge in [0, 0.05) is 12.2 Å². The van der Waals surface area contributed by atoms with E-state index in [9.17, 15) is 4.79 Å². The third-order valence-corrected chi connectivity index (χ3v) is 3.36. The number of carboxylic acids is 1. The number of aryl methyl sites for hydroxylation is 3. The highest BCUT2D eigenvalue weighted by atomic mass is 16.4. The van der Waals surface area contributed by atoms with Crippen LogP contribution in [0.4, 0.5) is 5.69 Å². The first kappa shape index (κ1) is 15.1. The standard InChI is InChI=1S/C16H21N3O2/c1-4-19-15(9-13(3)17-19)10-18(11-16(20)21)14-7-5-12(2)6-8-14/h5-9H,4,10-11H2,1-3H3,(H,20,21). The highest BCUT2D eigenvalue weighted by Gasteiger charge is 2.14. The van der Waals surface area contributed by atoms with Gasteiger partial charge in [-0.2, -0.15) is 5.10 Å². The van der Waals surface area contributed by atoms with Gasteiger partial charge in [0.2, 0.25) is 0 Å². The van der Waals surface area contributed by atoms with Gasteiger partial charge in [-0.3, -0.25) is 9.48 Å². The molecule has 1 aromatic heterocycles. The predicted molar refractivity (Wildman–Crippen MR) is 82.5 cm³/mol. The average molecular weight is 287 g/mol. The maximum absolute atomic E-state index is 11.1. The second-order valence-electron chi connectivity index (χ2n) is 5.18. The van der Waals surface area contributed by atoms with Crippen LogP contribution >= 0.6 is 0 Å². The Morgan fingerprint density at radius 2 is 1.95 bits per heavy atom. The van der Waals surface area contributed by atoms with E-state index in [1.54, 1.807) is 0 Å². The lowest BCUT2D eigenvalue weighted by Gasteiger charge is -2.23. The molecule has 1 N–H and O–H groups in total. The van der Waals surface area contributed by atoms with Crippen molar-refractivity contribution in [1.82, 2.24) is 9.78 Å². The van der Waals surface area contributed by atoms with Crippen LogP contribution in [0.25, 0.3) is 0 Å². The smallest absolute Gasteiger partial charge is 0.323 e. The fourth-order valence-electron chi connectivity index (χ4n) is 2.35. The topological polar surface area (TPSA) is 58.4 Å². The molecule has 0 aliphatic heterocycles. The molecule has 0 spiro atoms. The molecule has 0 fully saturated rings. The molecular weight excluding hydrogens is 266 g/mol. The van der Waals surface area contributed by atoms with Gasteiger partial charge in [-0.15, -0.1) is 0 Å². The lowest BCUT2D eigenvalue weighted by atomic mass is 10.2. The summed E-state index contributed by atoms with van der Waals surface area (Å²) in [5, 5.41) is 13.6. The zero-order chi connectivity index (χ0) is 15.4. The summed E-state index contributed by atoms with van der Waals surface area (Å²) in [6.45, 7) is 7.27. The van der Waals surface area contributed by atoms with Gasteiger partial charge in [0.1, 0.15) is 6.54 Å². The molecule has 2 rings (SSSR count). The summed E-state index contributed by atoms with van der Waals surface area (Å²) < 4.78 is 1.92. The van der Waals surface area contributed by atoms with E-state index in [2.05, 4.69) is 5.10 Å². The van der Waals surface area contributed by atoms with Crippen LogP contribution in [0, 0.1) is 13.8 Å². The third-order valence-electron chi connectivity index (χ3n) is 3.36. The number of aliphatic carboxylic acids is 1. The van der Waals surface area contributed by atoms with Crippen LogP contribution in [0.2, 0.25) is 0 Å². The summed E-state index contributed by atoms with van der Waals surface area (Å²) in [6.07, 6.45) is 0. The summed E-state index contributed by atoms with van der Waals surface area (Å²) in [7, 11) is 0. The van der Waals surface area contributed by atoms with Crippen LogP contribution in [-0.2, 0) is 17.9 Å². The van der Waals surface area contributed by atoms with Crippen molar-refractivity contribution in [1.29, 1.82) is 0 Å². The Hall–Kier alpha value is -2.30. The number of hydrogen-bond acceptors (Lipinski definition) is 3. The number of rotatable bonds is 6. The second kappa shape index (κ2) is 6.43. The van der Waals surface area contributed by atoms with Crippen LogP contribution in [0.15, 0.2) is 30.3 Å². The number of benzene rings is 1. The molecular formula is C16H21N3O2. The van der Waals surface area contributed by atoms with E-state index in [1.165, 1.54) is 0 Å². The Morgan fingerprint density at radius 1 is 1.29 bits per heavy atom. The molecule has 0 atom stereocenters. The molecule has 1 heterocycles. The van der Waals surface area contributed by atoms with Crippen molar-refractivity contribution in [3.8, 4) is 0 Å². The molecule has 0 aliphatic rings. The number of hydrogen-bond donors (Lipinski definition) is 1. The summed E-state index contributed by atoms with van der Waals surface area (Å²) in [6, 6.07) is 9.90. The normalized spacial score (nSPS) is 10.6. The Labute approximate surface area is 124 Å². The molecule has 0 amide bonds. The molecule has 21 heavy (non-hydrogen) atoms. The monoisotopic (exact) mass is 287 g/mol. The Kier molecular flexibility index (Phi) is 4.62. The zero-order valence-electron chi connectivity index (χ0n) is 12.7. The van der Waals surface area contributed by atoms with Crippen LogP contribution in [0.5, 0.6) is 0 Å². The summed E-state index contributed by atoms with van der Waals surface area (Å²) in [4.78, 5) is 13.0. The third kappa shape index (κ3) is 3.84. The van der Waals surface area contributed by atoms with Gasteiger partial charge in [0.25, 0.3) is 0 Å². The first-order chi connectivity index (χ1) is 9.99. The Balaban J connectivity index is 2.27. The van der Waals surface area contributed by atoms with Gasteiger partial charge in [0.15, 0.2) is 0 Å². The van der Waals surface area contributed by atoms with E-state index in [0.29, 0.717) is 6.54 Å². The van der Waals surface area contributed by atoms with Crippen LogP contribution in [-0.4, -0.2) is 27.4 Å². The average Bonchev–Trinajstić information content (AvgIpc) is 2.78. The number of carbonyl (C=O) groups is 1. The zero-order valence-corrected chi connectivity index (χ0v) is 12.7. The van der Waals surface area contributed by atoms with E-state index < -0.39 is 5.97 Å². The summed E-state index contributed by atoms with van der Waals surface area (Å²) >= 11 is 0. The van der Waals surface area contributed by atoms with Crippen molar-refractivity contribution in [3.63, 3.8) is 0 Å². The van der Waals surface area contributed by atoms with Crippen molar-refractivity contribution in [3.05, 3.63) is 47.3 Å². The molecule has 0 radical (unpaired) electrons. The molecule has 5 nitrogen and oxygen atoms in total.